The molecule has 3 nitrogen and oxygen atoms in total. The Morgan fingerprint density at radius 3 is 2.31 bits per heavy atom. The minimum atomic E-state index is -0.641. The van der Waals surface area contributed by atoms with Crippen LogP contribution in [0.2, 0.25) is 0 Å². The molecule has 0 bridgehead atoms. The normalized spacial score (nSPS) is 10.1. The van der Waals surface area contributed by atoms with Crippen molar-refractivity contribution >= 4 is 17.2 Å². The Hall–Kier alpha value is -2.17. The molecule has 5 heteroatoms. The van der Waals surface area contributed by atoms with Crippen molar-refractivity contribution in [2.45, 2.75) is 0 Å². The van der Waals surface area contributed by atoms with E-state index < -0.39 is 11.6 Å². The van der Waals surface area contributed by atoms with Crippen LogP contribution in [0.1, 0.15) is 0 Å². The van der Waals surface area contributed by atoms with E-state index in [4.69, 9.17) is 5.73 Å². The lowest BCUT2D eigenvalue weighted by Gasteiger charge is -2.05. The summed E-state index contributed by atoms with van der Waals surface area (Å²) >= 11 is 0. The van der Waals surface area contributed by atoms with Crippen molar-refractivity contribution in [3.05, 3.63) is 48.2 Å². The summed E-state index contributed by atoms with van der Waals surface area (Å²) in [7, 11) is 0. The maximum Gasteiger partial charge on any atom is 0.130 e. The molecule has 0 atom stereocenters. The molecular formula is C11H9F2N3. The van der Waals surface area contributed by atoms with Gasteiger partial charge in [0.15, 0.2) is 0 Å². The average Bonchev–Trinajstić information content (AvgIpc) is 2.20. The molecular weight excluding hydrogens is 212 g/mol. The van der Waals surface area contributed by atoms with E-state index >= 15 is 0 Å². The molecule has 0 saturated heterocycles. The summed E-state index contributed by atoms with van der Waals surface area (Å²) in [5, 5.41) is 2.77. The Balaban J connectivity index is 2.23. The highest BCUT2D eigenvalue weighted by molar-refractivity contribution is 5.57. The molecule has 1 aromatic carbocycles. The number of anilines is 3. The number of rotatable bonds is 2. The zero-order chi connectivity index (χ0) is 11.5. The van der Waals surface area contributed by atoms with Crippen LogP contribution in [0.3, 0.4) is 0 Å². The Kier molecular flexibility index (Phi) is 2.68. The van der Waals surface area contributed by atoms with Crippen LogP contribution in [-0.4, -0.2) is 4.98 Å². The van der Waals surface area contributed by atoms with Crippen LogP contribution in [0, 0.1) is 11.6 Å². The number of nitrogens with one attached hydrogen (secondary N) is 1. The van der Waals surface area contributed by atoms with Gasteiger partial charge in [-0.1, -0.05) is 0 Å². The summed E-state index contributed by atoms with van der Waals surface area (Å²) in [6.07, 6.45) is 1.46. The fraction of sp³-hybridized carbons (Fsp3) is 0. The maximum atomic E-state index is 12.9. The average molecular weight is 221 g/mol. The van der Waals surface area contributed by atoms with Crippen molar-refractivity contribution in [3.8, 4) is 0 Å². The van der Waals surface area contributed by atoms with E-state index in [2.05, 4.69) is 10.3 Å². The molecule has 1 heterocycles. The van der Waals surface area contributed by atoms with Crippen molar-refractivity contribution in [3.63, 3.8) is 0 Å². The second-order valence-electron chi connectivity index (χ2n) is 3.26. The number of pyridine rings is 1. The van der Waals surface area contributed by atoms with Gasteiger partial charge < -0.3 is 11.1 Å². The number of aromatic nitrogens is 1. The minimum absolute atomic E-state index is 0.301. The van der Waals surface area contributed by atoms with Gasteiger partial charge in [0, 0.05) is 11.8 Å². The van der Waals surface area contributed by atoms with E-state index in [-0.39, 0.29) is 0 Å². The molecule has 16 heavy (non-hydrogen) atoms. The Bertz CT molecular complexity index is 477. The number of hydrogen-bond donors (Lipinski definition) is 2. The van der Waals surface area contributed by atoms with E-state index in [1.54, 1.807) is 12.1 Å². The summed E-state index contributed by atoms with van der Waals surface area (Å²) in [5.41, 5.74) is 6.28. The van der Waals surface area contributed by atoms with Gasteiger partial charge in [-0.3, -0.25) is 0 Å². The summed E-state index contributed by atoms with van der Waals surface area (Å²) in [6.45, 7) is 0. The summed E-state index contributed by atoms with van der Waals surface area (Å²) in [6, 6.07) is 6.44. The molecule has 2 aromatic rings. The Morgan fingerprint density at radius 2 is 1.75 bits per heavy atom. The smallest absolute Gasteiger partial charge is 0.130 e. The second-order valence-corrected chi connectivity index (χ2v) is 3.26. The number of nitrogen functional groups attached to an aromatic ring is 1. The molecule has 0 amide bonds. The predicted molar refractivity (Wildman–Crippen MR) is 58.3 cm³/mol. The molecule has 0 radical (unpaired) electrons. The van der Waals surface area contributed by atoms with Crippen molar-refractivity contribution in [2.24, 2.45) is 0 Å². The molecule has 3 N–H and O–H groups in total. The molecule has 0 saturated carbocycles. The molecule has 0 spiro atoms. The molecule has 0 aliphatic carbocycles. The van der Waals surface area contributed by atoms with Crippen LogP contribution in [0.25, 0.3) is 0 Å². The quantitative estimate of drug-likeness (QED) is 0.819. The van der Waals surface area contributed by atoms with Gasteiger partial charge in [-0.25, -0.2) is 13.8 Å². The molecule has 0 unspecified atom stereocenters. The van der Waals surface area contributed by atoms with Crippen LogP contribution in [0.15, 0.2) is 36.5 Å². The molecule has 82 valence electrons. The van der Waals surface area contributed by atoms with E-state index in [0.29, 0.717) is 17.2 Å². The lowest BCUT2D eigenvalue weighted by atomic mass is 10.3. The SMILES string of the molecule is Nc1ccc(Nc2cc(F)cc(F)c2)nc1. The molecule has 2 rings (SSSR count). The van der Waals surface area contributed by atoms with Crippen LogP contribution in [-0.2, 0) is 0 Å². The zero-order valence-corrected chi connectivity index (χ0v) is 8.24. The zero-order valence-electron chi connectivity index (χ0n) is 8.24. The molecule has 1 aromatic heterocycles. The summed E-state index contributed by atoms with van der Waals surface area (Å²) < 4.78 is 25.7. The van der Waals surface area contributed by atoms with E-state index in [1.807, 2.05) is 0 Å². The first-order valence-corrected chi connectivity index (χ1v) is 4.58. The van der Waals surface area contributed by atoms with Crippen molar-refractivity contribution in [1.82, 2.24) is 4.98 Å². The first-order valence-electron chi connectivity index (χ1n) is 4.58. The van der Waals surface area contributed by atoms with Crippen molar-refractivity contribution in [1.29, 1.82) is 0 Å². The topological polar surface area (TPSA) is 50.9 Å². The molecule has 0 fully saturated rings. The van der Waals surface area contributed by atoms with Crippen LogP contribution in [0.4, 0.5) is 26.0 Å². The minimum Gasteiger partial charge on any atom is -0.397 e. The van der Waals surface area contributed by atoms with Crippen molar-refractivity contribution < 1.29 is 8.78 Å². The number of halogens is 2. The maximum absolute atomic E-state index is 12.9. The number of nitrogens with two attached hydrogens (primary N) is 1. The highest BCUT2D eigenvalue weighted by atomic mass is 19.1. The third kappa shape index (κ3) is 2.44. The number of benzene rings is 1. The first-order chi connectivity index (χ1) is 7.63. The largest absolute Gasteiger partial charge is 0.397 e. The van der Waals surface area contributed by atoms with E-state index in [9.17, 15) is 8.78 Å². The second kappa shape index (κ2) is 4.14. The van der Waals surface area contributed by atoms with Gasteiger partial charge in [0.05, 0.1) is 11.9 Å². The Labute approximate surface area is 90.9 Å². The van der Waals surface area contributed by atoms with Crippen LogP contribution >= 0.6 is 0 Å². The van der Waals surface area contributed by atoms with E-state index in [0.717, 1.165) is 6.07 Å². The summed E-state index contributed by atoms with van der Waals surface area (Å²) in [4.78, 5) is 3.95. The van der Waals surface area contributed by atoms with Crippen molar-refractivity contribution in [2.75, 3.05) is 11.1 Å². The number of hydrogen-bond acceptors (Lipinski definition) is 3. The van der Waals surface area contributed by atoms with Crippen LogP contribution in [0.5, 0.6) is 0 Å². The fourth-order valence-corrected chi connectivity index (χ4v) is 1.25. The van der Waals surface area contributed by atoms with Crippen LogP contribution < -0.4 is 11.1 Å². The van der Waals surface area contributed by atoms with Gasteiger partial charge in [-0.15, -0.1) is 0 Å². The lowest BCUT2D eigenvalue weighted by molar-refractivity contribution is 0.584. The lowest BCUT2D eigenvalue weighted by Crippen LogP contribution is -1.95. The van der Waals surface area contributed by atoms with Gasteiger partial charge >= 0.3 is 0 Å². The molecule has 0 aliphatic heterocycles. The van der Waals surface area contributed by atoms with E-state index in [1.165, 1.54) is 18.3 Å². The molecule has 0 aliphatic rings. The van der Waals surface area contributed by atoms with Gasteiger partial charge in [0.25, 0.3) is 0 Å². The standard InChI is InChI=1S/C11H9F2N3/c12-7-3-8(13)5-10(4-7)16-11-2-1-9(14)6-15-11/h1-6H,14H2,(H,15,16). The first kappa shape index (κ1) is 10.4. The fourth-order valence-electron chi connectivity index (χ4n) is 1.25. The van der Waals surface area contributed by atoms with Gasteiger partial charge in [0.2, 0.25) is 0 Å². The predicted octanol–water partition coefficient (Wildman–Crippen LogP) is 2.69. The highest BCUT2D eigenvalue weighted by Gasteiger charge is 2.01. The van der Waals surface area contributed by atoms with Gasteiger partial charge in [-0.05, 0) is 24.3 Å². The van der Waals surface area contributed by atoms with Gasteiger partial charge in [-0.2, -0.15) is 0 Å². The third-order valence-corrected chi connectivity index (χ3v) is 1.92. The van der Waals surface area contributed by atoms with Gasteiger partial charge in [0.1, 0.15) is 17.5 Å². The summed E-state index contributed by atoms with van der Waals surface area (Å²) in [5.74, 6) is -0.810. The number of nitrogens with zero attached hydrogens (tertiary/aromatic N) is 1. The highest BCUT2D eigenvalue weighted by Crippen LogP contribution is 2.17. The third-order valence-electron chi connectivity index (χ3n) is 1.92. The Morgan fingerprint density at radius 1 is 1.06 bits per heavy atom. The monoisotopic (exact) mass is 221 g/mol.